The van der Waals surface area contributed by atoms with Gasteiger partial charge < -0.3 is 15.0 Å². The van der Waals surface area contributed by atoms with E-state index in [9.17, 15) is 4.79 Å². The second-order valence-corrected chi connectivity index (χ2v) is 6.81. The SMILES string of the molecule is CCOc1cccc(CNC(=O)CN2CCN(c3nccs3)CC2)c1. The third-order valence-electron chi connectivity index (χ3n) is 4.13. The highest BCUT2D eigenvalue weighted by atomic mass is 32.1. The van der Waals surface area contributed by atoms with Gasteiger partial charge in [0.15, 0.2) is 5.13 Å². The summed E-state index contributed by atoms with van der Waals surface area (Å²) in [6.45, 7) is 7.16. The molecule has 0 atom stereocenters. The average molecular weight is 360 g/mol. The van der Waals surface area contributed by atoms with Crippen LogP contribution in [0.25, 0.3) is 0 Å². The number of amides is 1. The third-order valence-corrected chi connectivity index (χ3v) is 4.96. The minimum atomic E-state index is 0.0597. The molecule has 0 radical (unpaired) electrons. The maximum atomic E-state index is 12.2. The summed E-state index contributed by atoms with van der Waals surface area (Å²) < 4.78 is 5.49. The van der Waals surface area contributed by atoms with Crippen LogP contribution in [0.1, 0.15) is 12.5 Å². The van der Waals surface area contributed by atoms with Gasteiger partial charge in [-0.15, -0.1) is 11.3 Å². The molecular weight excluding hydrogens is 336 g/mol. The Balaban J connectivity index is 1.40. The lowest BCUT2D eigenvalue weighted by molar-refractivity contribution is -0.122. The molecule has 0 unspecified atom stereocenters. The lowest BCUT2D eigenvalue weighted by Gasteiger charge is -2.34. The van der Waals surface area contributed by atoms with Gasteiger partial charge in [-0.3, -0.25) is 9.69 Å². The molecule has 0 spiro atoms. The molecule has 0 bridgehead atoms. The smallest absolute Gasteiger partial charge is 0.234 e. The Morgan fingerprint density at radius 3 is 2.88 bits per heavy atom. The van der Waals surface area contributed by atoms with Crippen LogP contribution in [0.2, 0.25) is 0 Å². The van der Waals surface area contributed by atoms with Crippen LogP contribution >= 0.6 is 11.3 Å². The van der Waals surface area contributed by atoms with Crippen LogP contribution in [0.3, 0.4) is 0 Å². The van der Waals surface area contributed by atoms with E-state index in [0.717, 1.165) is 42.6 Å². The van der Waals surface area contributed by atoms with Crippen molar-refractivity contribution in [1.29, 1.82) is 0 Å². The molecular formula is C18H24N4O2S. The lowest BCUT2D eigenvalue weighted by Crippen LogP contribution is -2.49. The first-order valence-corrected chi connectivity index (χ1v) is 9.48. The number of benzene rings is 1. The Labute approximate surface area is 152 Å². The van der Waals surface area contributed by atoms with Gasteiger partial charge in [0.2, 0.25) is 5.91 Å². The number of carbonyl (C=O) groups excluding carboxylic acids is 1. The molecule has 1 saturated heterocycles. The number of piperazine rings is 1. The highest BCUT2D eigenvalue weighted by molar-refractivity contribution is 7.13. The van der Waals surface area contributed by atoms with E-state index in [1.54, 1.807) is 11.3 Å². The summed E-state index contributed by atoms with van der Waals surface area (Å²) >= 11 is 1.66. The van der Waals surface area contributed by atoms with Crippen molar-refractivity contribution in [2.45, 2.75) is 13.5 Å². The largest absolute Gasteiger partial charge is 0.494 e. The van der Waals surface area contributed by atoms with Crippen molar-refractivity contribution in [3.8, 4) is 5.75 Å². The molecule has 134 valence electrons. The number of rotatable bonds is 7. The van der Waals surface area contributed by atoms with E-state index in [0.29, 0.717) is 19.7 Å². The topological polar surface area (TPSA) is 57.7 Å². The van der Waals surface area contributed by atoms with Gasteiger partial charge in [0.05, 0.1) is 13.2 Å². The van der Waals surface area contributed by atoms with Crippen LogP contribution in [0.15, 0.2) is 35.8 Å². The number of nitrogens with one attached hydrogen (secondary N) is 1. The van der Waals surface area contributed by atoms with Gasteiger partial charge in [-0.2, -0.15) is 0 Å². The van der Waals surface area contributed by atoms with E-state index < -0.39 is 0 Å². The third kappa shape index (κ3) is 5.17. The predicted molar refractivity (Wildman–Crippen MR) is 100 cm³/mol. The fraction of sp³-hybridized carbons (Fsp3) is 0.444. The van der Waals surface area contributed by atoms with Gasteiger partial charge >= 0.3 is 0 Å². The summed E-state index contributed by atoms with van der Waals surface area (Å²) in [4.78, 5) is 21.0. The van der Waals surface area contributed by atoms with Crippen LogP contribution in [0.5, 0.6) is 5.75 Å². The van der Waals surface area contributed by atoms with Gasteiger partial charge in [-0.25, -0.2) is 4.98 Å². The van der Waals surface area contributed by atoms with Crippen molar-refractivity contribution in [2.24, 2.45) is 0 Å². The molecule has 0 saturated carbocycles. The molecule has 1 aliphatic heterocycles. The summed E-state index contributed by atoms with van der Waals surface area (Å²) in [5.74, 6) is 0.900. The molecule has 1 amide bonds. The normalized spacial score (nSPS) is 15.2. The molecule has 1 fully saturated rings. The standard InChI is InChI=1S/C18H24N4O2S/c1-2-24-16-5-3-4-15(12-16)13-20-17(23)14-21-7-9-22(10-8-21)18-19-6-11-25-18/h3-6,11-12H,2,7-10,13-14H2,1H3,(H,20,23). The van der Waals surface area contributed by atoms with Crippen molar-refractivity contribution < 1.29 is 9.53 Å². The van der Waals surface area contributed by atoms with Crippen molar-refractivity contribution in [3.63, 3.8) is 0 Å². The van der Waals surface area contributed by atoms with Crippen molar-refractivity contribution >= 4 is 22.4 Å². The molecule has 2 heterocycles. The van der Waals surface area contributed by atoms with E-state index >= 15 is 0 Å². The number of anilines is 1. The molecule has 0 aliphatic carbocycles. The first-order valence-electron chi connectivity index (χ1n) is 8.60. The van der Waals surface area contributed by atoms with Gasteiger partial charge in [-0.05, 0) is 24.6 Å². The zero-order valence-corrected chi connectivity index (χ0v) is 15.3. The van der Waals surface area contributed by atoms with Crippen LogP contribution in [0, 0.1) is 0 Å². The number of aromatic nitrogens is 1. The summed E-state index contributed by atoms with van der Waals surface area (Å²) in [5.41, 5.74) is 1.05. The van der Waals surface area contributed by atoms with Gasteiger partial charge in [0.1, 0.15) is 5.75 Å². The maximum absolute atomic E-state index is 12.2. The van der Waals surface area contributed by atoms with Gasteiger partial charge in [-0.1, -0.05) is 12.1 Å². The average Bonchev–Trinajstić information content (AvgIpc) is 3.16. The number of thiazole rings is 1. The lowest BCUT2D eigenvalue weighted by atomic mass is 10.2. The Hall–Kier alpha value is -2.12. The number of nitrogens with zero attached hydrogens (tertiary/aromatic N) is 3. The summed E-state index contributed by atoms with van der Waals surface area (Å²) in [6, 6.07) is 7.84. The monoisotopic (exact) mass is 360 g/mol. The molecule has 1 aromatic heterocycles. The van der Waals surface area contributed by atoms with Gasteiger partial charge in [0.25, 0.3) is 0 Å². The fourth-order valence-electron chi connectivity index (χ4n) is 2.84. The molecule has 1 aromatic carbocycles. The van der Waals surface area contributed by atoms with Crippen molar-refractivity contribution in [3.05, 3.63) is 41.4 Å². The maximum Gasteiger partial charge on any atom is 0.234 e. The second kappa shape index (κ2) is 8.82. The molecule has 25 heavy (non-hydrogen) atoms. The first kappa shape index (κ1) is 17.7. The summed E-state index contributed by atoms with van der Waals surface area (Å²) in [7, 11) is 0. The summed E-state index contributed by atoms with van der Waals surface area (Å²) in [5, 5.41) is 6.06. The molecule has 1 aliphatic rings. The molecule has 6 nitrogen and oxygen atoms in total. The zero-order valence-electron chi connectivity index (χ0n) is 14.5. The summed E-state index contributed by atoms with van der Waals surface area (Å²) in [6.07, 6.45) is 1.83. The molecule has 7 heteroatoms. The zero-order chi connectivity index (χ0) is 17.5. The molecule has 3 rings (SSSR count). The molecule has 1 N–H and O–H groups in total. The first-order chi connectivity index (χ1) is 12.2. The van der Waals surface area contributed by atoms with E-state index in [1.165, 1.54) is 0 Å². The number of hydrogen-bond donors (Lipinski definition) is 1. The Bertz CT molecular complexity index is 669. The van der Waals surface area contributed by atoms with Gasteiger partial charge in [0, 0.05) is 44.3 Å². The minimum absolute atomic E-state index is 0.0597. The second-order valence-electron chi connectivity index (χ2n) is 5.94. The fourth-order valence-corrected chi connectivity index (χ4v) is 3.54. The van der Waals surface area contributed by atoms with Crippen molar-refractivity contribution in [1.82, 2.24) is 15.2 Å². The van der Waals surface area contributed by atoms with Crippen LogP contribution < -0.4 is 15.0 Å². The van der Waals surface area contributed by atoms with E-state index in [2.05, 4.69) is 20.1 Å². The Morgan fingerprint density at radius 1 is 1.32 bits per heavy atom. The predicted octanol–water partition coefficient (Wildman–Crippen LogP) is 1.98. The Morgan fingerprint density at radius 2 is 2.16 bits per heavy atom. The van der Waals surface area contributed by atoms with Crippen LogP contribution in [-0.2, 0) is 11.3 Å². The molecule has 2 aromatic rings. The minimum Gasteiger partial charge on any atom is -0.494 e. The van der Waals surface area contributed by atoms with E-state index in [4.69, 9.17) is 4.74 Å². The highest BCUT2D eigenvalue weighted by Crippen LogP contribution is 2.18. The van der Waals surface area contributed by atoms with Crippen molar-refractivity contribution in [2.75, 3.05) is 44.2 Å². The quantitative estimate of drug-likeness (QED) is 0.818. The van der Waals surface area contributed by atoms with E-state index in [1.807, 2.05) is 42.8 Å². The van der Waals surface area contributed by atoms with Crippen LogP contribution in [-0.4, -0.2) is 55.1 Å². The number of ether oxygens (including phenoxy) is 1. The van der Waals surface area contributed by atoms with E-state index in [-0.39, 0.29) is 5.91 Å². The number of hydrogen-bond acceptors (Lipinski definition) is 6. The number of carbonyl (C=O) groups is 1. The Kier molecular flexibility index (Phi) is 6.25. The van der Waals surface area contributed by atoms with Crippen LogP contribution in [0.4, 0.5) is 5.13 Å². The highest BCUT2D eigenvalue weighted by Gasteiger charge is 2.20.